The fourth-order valence-electron chi connectivity index (χ4n) is 2.62. The minimum Gasteiger partial charge on any atom is -0.550 e. The van der Waals surface area contributed by atoms with Crippen LogP contribution in [0, 0.1) is 0 Å². The summed E-state index contributed by atoms with van der Waals surface area (Å²) in [5.41, 5.74) is 0. The second-order valence-corrected chi connectivity index (χ2v) is 6.90. The van der Waals surface area contributed by atoms with Crippen molar-refractivity contribution in [2.75, 3.05) is 26.3 Å². The summed E-state index contributed by atoms with van der Waals surface area (Å²) in [6, 6.07) is 0. The Kier molecular flexibility index (Phi) is 38.6. The Hall–Kier alpha value is 0.726. The molecule has 6 heteroatoms. The van der Waals surface area contributed by atoms with Crippen LogP contribution >= 0.6 is 0 Å². The Balaban J connectivity index is -0.000000665. The largest absolute Gasteiger partial charge is 1.00 e. The van der Waals surface area contributed by atoms with Gasteiger partial charge in [0.15, 0.2) is 0 Å². The average molecular weight is 426 g/mol. The summed E-state index contributed by atoms with van der Waals surface area (Å²) >= 11 is 0. The van der Waals surface area contributed by atoms with Crippen LogP contribution in [0.3, 0.4) is 0 Å². The zero-order valence-corrected chi connectivity index (χ0v) is 21.7. The summed E-state index contributed by atoms with van der Waals surface area (Å²) in [7, 11) is 0. The number of aliphatic hydroxyl groups excluding tert-OH is 2. The molecule has 0 saturated heterocycles. The molecule has 162 valence electrons. The molecule has 0 bridgehead atoms. The molecule has 0 amide bonds. The number of aliphatic hydroxyl groups is 2. The molecule has 0 aliphatic rings. The van der Waals surface area contributed by atoms with Crippen LogP contribution in [0.2, 0.25) is 0 Å². The maximum absolute atomic E-state index is 10.2. The van der Waals surface area contributed by atoms with Crippen molar-refractivity contribution in [2.24, 2.45) is 0 Å². The van der Waals surface area contributed by atoms with Gasteiger partial charge in [0.1, 0.15) is 0 Å². The van der Waals surface area contributed by atoms with Crippen molar-refractivity contribution in [3.05, 3.63) is 12.2 Å². The maximum Gasteiger partial charge on any atom is 1.00 e. The maximum atomic E-state index is 10.2. The molecule has 0 spiro atoms. The van der Waals surface area contributed by atoms with Gasteiger partial charge in [0, 0.05) is 19.1 Å². The summed E-state index contributed by atoms with van der Waals surface area (Å²) in [6.45, 7) is 3.67. The van der Waals surface area contributed by atoms with Gasteiger partial charge < -0.3 is 25.4 Å². The van der Waals surface area contributed by atoms with Crippen molar-refractivity contribution < 1.29 is 71.5 Å². The van der Waals surface area contributed by atoms with E-state index in [2.05, 4.69) is 24.4 Å². The molecule has 0 aromatic carbocycles. The first-order chi connectivity index (χ1) is 13.2. The molecule has 0 aromatic heterocycles. The van der Waals surface area contributed by atoms with Crippen LogP contribution in [0.4, 0.5) is 0 Å². The second-order valence-electron chi connectivity index (χ2n) is 6.90. The number of carboxylic acids is 1. The minimum atomic E-state index is -0.914. The van der Waals surface area contributed by atoms with Crippen LogP contribution in [0.1, 0.15) is 96.8 Å². The summed E-state index contributed by atoms with van der Waals surface area (Å²) in [5, 5.41) is 29.3. The van der Waals surface area contributed by atoms with Crippen LogP contribution in [-0.2, 0) is 4.79 Å². The SMILES string of the molecule is CCCCCCCCC=CCCCCCCCC(=O)[O-].OCCNCCO.[K+]. The average Bonchev–Trinajstić information content (AvgIpc) is 2.65. The van der Waals surface area contributed by atoms with Gasteiger partial charge in [-0.1, -0.05) is 70.4 Å². The zero-order chi connectivity index (χ0) is 20.4. The van der Waals surface area contributed by atoms with E-state index in [1.807, 2.05) is 0 Å². The molecule has 0 saturated carbocycles. The van der Waals surface area contributed by atoms with Gasteiger partial charge in [-0.2, -0.15) is 0 Å². The van der Waals surface area contributed by atoms with Crippen LogP contribution < -0.4 is 61.8 Å². The van der Waals surface area contributed by atoms with Crippen molar-refractivity contribution in [1.29, 1.82) is 0 Å². The zero-order valence-electron chi connectivity index (χ0n) is 18.6. The van der Waals surface area contributed by atoms with Gasteiger partial charge in [0.05, 0.1) is 13.2 Å². The van der Waals surface area contributed by atoms with E-state index in [9.17, 15) is 9.90 Å². The van der Waals surface area contributed by atoms with E-state index >= 15 is 0 Å². The van der Waals surface area contributed by atoms with E-state index in [4.69, 9.17) is 10.2 Å². The van der Waals surface area contributed by atoms with Crippen LogP contribution in [-0.4, -0.2) is 42.5 Å². The van der Waals surface area contributed by atoms with Crippen LogP contribution in [0.15, 0.2) is 12.2 Å². The molecule has 28 heavy (non-hydrogen) atoms. The molecule has 5 nitrogen and oxygen atoms in total. The van der Waals surface area contributed by atoms with Gasteiger partial charge in [-0.05, 0) is 38.5 Å². The number of aliphatic carboxylic acids is 1. The van der Waals surface area contributed by atoms with Gasteiger partial charge >= 0.3 is 51.4 Å². The Labute approximate surface area is 216 Å². The third-order valence-electron chi connectivity index (χ3n) is 4.22. The van der Waals surface area contributed by atoms with Crippen molar-refractivity contribution >= 4 is 5.97 Å². The summed E-state index contributed by atoms with van der Waals surface area (Å²) in [6.07, 6.45) is 20.9. The normalized spacial score (nSPS) is 10.4. The van der Waals surface area contributed by atoms with Crippen LogP contribution in [0.5, 0.6) is 0 Å². The first-order valence-corrected chi connectivity index (χ1v) is 11.0. The van der Waals surface area contributed by atoms with E-state index in [1.165, 1.54) is 64.2 Å². The predicted molar refractivity (Wildman–Crippen MR) is 112 cm³/mol. The van der Waals surface area contributed by atoms with Gasteiger partial charge in [-0.3, -0.25) is 0 Å². The summed E-state index contributed by atoms with van der Waals surface area (Å²) < 4.78 is 0. The van der Waals surface area contributed by atoms with Gasteiger partial charge in [0.25, 0.3) is 0 Å². The number of hydrogen-bond donors (Lipinski definition) is 3. The van der Waals surface area contributed by atoms with E-state index < -0.39 is 5.97 Å². The number of rotatable bonds is 19. The fraction of sp³-hybridized carbons (Fsp3) is 0.864. The van der Waals surface area contributed by atoms with Crippen molar-refractivity contribution in [3.8, 4) is 0 Å². The van der Waals surface area contributed by atoms with E-state index in [0.29, 0.717) is 13.1 Å². The first-order valence-electron chi connectivity index (χ1n) is 11.0. The Morgan fingerprint density at radius 1 is 0.786 bits per heavy atom. The first kappa shape index (κ1) is 33.4. The topological polar surface area (TPSA) is 92.6 Å². The smallest absolute Gasteiger partial charge is 0.550 e. The molecule has 0 rings (SSSR count). The molecule has 0 radical (unpaired) electrons. The number of carbonyl (C=O) groups is 1. The molecule has 0 aliphatic carbocycles. The molecule has 0 aliphatic heterocycles. The number of unbranched alkanes of at least 4 members (excludes halogenated alkanes) is 11. The number of nitrogens with one attached hydrogen (secondary N) is 1. The second kappa shape index (κ2) is 32.4. The molecule has 0 heterocycles. The number of carbonyl (C=O) groups excluding carboxylic acids is 1. The monoisotopic (exact) mass is 425 g/mol. The molecule has 3 N–H and O–H groups in total. The quantitative estimate of drug-likeness (QED) is 0.158. The minimum absolute atomic E-state index is 0. The summed E-state index contributed by atoms with van der Waals surface area (Å²) in [5.74, 6) is -0.914. The standard InChI is InChI=1S/C18H34O2.C4H11NO2.K/c1-2-3-4-5-6-7-8-9-10-11-12-13-14-15-16-17-18(19)20;6-3-1-5-2-4-7;/h9-10H,2-8,11-17H2,1H3,(H,19,20);5-7H,1-4H2;/q;;+1/p-1. The molecular formula is C22H44KNO4. The molecule has 0 atom stereocenters. The third kappa shape index (κ3) is 37.5. The molecule has 0 aromatic rings. The number of carboxylic acid groups (broad SMARTS) is 1. The van der Waals surface area contributed by atoms with Crippen molar-refractivity contribution in [1.82, 2.24) is 5.32 Å². The van der Waals surface area contributed by atoms with Crippen molar-refractivity contribution in [2.45, 2.75) is 96.8 Å². The molecule has 0 fully saturated rings. The summed E-state index contributed by atoms with van der Waals surface area (Å²) in [4.78, 5) is 10.2. The molecule has 0 unspecified atom stereocenters. The van der Waals surface area contributed by atoms with Gasteiger partial charge in [-0.15, -0.1) is 0 Å². The number of hydrogen-bond acceptors (Lipinski definition) is 5. The predicted octanol–water partition coefficient (Wildman–Crippen LogP) is 0.338. The van der Waals surface area contributed by atoms with Crippen molar-refractivity contribution in [3.63, 3.8) is 0 Å². The van der Waals surface area contributed by atoms with E-state index in [-0.39, 0.29) is 71.0 Å². The van der Waals surface area contributed by atoms with Crippen LogP contribution in [0.25, 0.3) is 0 Å². The van der Waals surface area contributed by atoms with Gasteiger partial charge in [-0.25, -0.2) is 0 Å². The van der Waals surface area contributed by atoms with E-state index in [1.54, 1.807) is 0 Å². The Morgan fingerprint density at radius 2 is 1.21 bits per heavy atom. The van der Waals surface area contributed by atoms with E-state index in [0.717, 1.165) is 19.3 Å². The van der Waals surface area contributed by atoms with Gasteiger partial charge in [0.2, 0.25) is 0 Å². The molecular weight excluding hydrogens is 381 g/mol. The number of allylic oxidation sites excluding steroid dienone is 2. The Morgan fingerprint density at radius 3 is 1.64 bits per heavy atom. The Bertz CT molecular complexity index is 311. The third-order valence-corrected chi connectivity index (χ3v) is 4.22. The fourth-order valence-corrected chi connectivity index (χ4v) is 2.62.